The molecule has 2 fully saturated rings. The molecule has 0 spiro atoms. The molecule has 2 amide bonds. The molecule has 12 heteroatoms. The molecule has 1 aliphatic carbocycles. The first kappa shape index (κ1) is 36.1. The number of carbonyl (C=O) groups is 2. The zero-order valence-corrected chi connectivity index (χ0v) is 30.1. The van der Waals surface area contributed by atoms with E-state index < -0.39 is 11.6 Å². The summed E-state index contributed by atoms with van der Waals surface area (Å²) in [6.45, 7) is 16.6. The van der Waals surface area contributed by atoms with E-state index in [4.69, 9.17) is 4.74 Å². The summed E-state index contributed by atoms with van der Waals surface area (Å²) in [6, 6.07) is 6.11. The van der Waals surface area contributed by atoms with Crippen LogP contribution in [0.2, 0.25) is 0 Å². The number of ether oxygens (including phenoxy) is 1. The van der Waals surface area contributed by atoms with Crippen molar-refractivity contribution >= 4 is 17.7 Å². The third-order valence-corrected chi connectivity index (χ3v) is 10.1. The smallest absolute Gasteiger partial charge is 0.407 e. The standard InChI is InChI=1S/C37H53N7O5/c1-24-18-25(2)40-35(46)32(24)22-38-34(45)31-19-27(28-21-39-43(23-28)13-12-42-14-16-49-17-15-42)20-33(26(31)3)41(7)29-8-10-30(11-9-29)44(36(47)48)37(4,5)6/h18-21,23,29-30H,8-17,22H2,1-7H3,(H,38,45)(H,40,46)(H,47,48)/t29-,30-. The van der Waals surface area contributed by atoms with E-state index in [0.29, 0.717) is 11.1 Å². The third-order valence-electron chi connectivity index (χ3n) is 10.1. The van der Waals surface area contributed by atoms with Gasteiger partial charge in [0.2, 0.25) is 0 Å². The van der Waals surface area contributed by atoms with Crippen LogP contribution < -0.4 is 15.8 Å². The van der Waals surface area contributed by atoms with Crippen LogP contribution in [0, 0.1) is 20.8 Å². The molecule has 0 unspecified atom stereocenters. The predicted molar refractivity (Wildman–Crippen MR) is 191 cm³/mol. The van der Waals surface area contributed by atoms with Gasteiger partial charge in [-0.3, -0.25) is 19.2 Å². The van der Waals surface area contributed by atoms with E-state index in [0.717, 1.165) is 98.7 Å². The van der Waals surface area contributed by atoms with E-state index in [1.54, 1.807) is 4.90 Å². The van der Waals surface area contributed by atoms with Crippen molar-refractivity contribution in [3.8, 4) is 11.1 Å². The second-order valence-electron chi connectivity index (χ2n) is 14.6. The number of aryl methyl sites for hydroxylation is 2. The maximum Gasteiger partial charge on any atom is 0.407 e. The van der Waals surface area contributed by atoms with Crippen molar-refractivity contribution in [1.29, 1.82) is 0 Å². The Kier molecular flexibility index (Phi) is 11.2. The minimum Gasteiger partial charge on any atom is -0.465 e. The van der Waals surface area contributed by atoms with Crippen LogP contribution in [0.4, 0.5) is 10.5 Å². The minimum atomic E-state index is -0.878. The number of H-pyrrole nitrogens is 1. The molecule has 1 saturated heterocycles. The number of aromatic amines is 1. The number of benzene rings is 1. The minimum absolute atomic E-state index is 0.0346. The van der Waals surface area contributed by atoms with Crippen molar-refractivity contribution in [3.05, 3.63) is 68.9 Å². The molecule has 1 aromatic carbocycles. The summed E-state index contributed by atoms with van der Waals surface area (Å²) in [5.74, 6) is -0.251. The molecule has 0 bridgehead atoms. The molecule has 266 valence electrons. The lowest BCUT2D eigenvalue weighted by molar-refractivity contribution is 0.0359. The highest BCUT2D eigenvalue weighted by Crippen LogP contribution is 2.36. The van der Waals surface area contributed by atoms with E-state index in [2.05, 4.69) is 38.3 Å². The summed E-state index contributed by atoms with van der Waals surface area (Å²) in [4.78, 5) is 47.8. The van der Waals surface area contributed by atoms with Crippen LogP contribution in [0.1, 0.15) is 79.2 Å². The van der Waals surface area contributed by atoms with Gasteiger partial charge in [-0.25, -0.2) is 4.79 Å². The second-order valence-corrected chi connectivity index (χ2v) is 14.6. The molecule has 5 rings (SSSR count). The van der Waals surface area contributed by atoms with Crippen LogP contribution in [-0.4, -0.2) is 99.2 Å². The van der Waals surface area contributed by atoms with Crippen molar-refractivity contribution in [2.75, 3.05) is 44.8 Å². The monoisotopic (exact) mass is 675 g/mol. The molecular formula is C37H53N7O5. The number of anilines is 1. The molecular weight excluding hydrogens is 622 g/mol. The van der Waals surface area contributed by atoms with Crippen LogP contribution in [0.3, 0.4) is 0 Å². The van der Waals surface area contributed by atoms with Gasteiger partial charge in [0.25, 0.3) is 11.5 Å². The third kappa shape index (κ3) is 8.53. The van der Waals surface area contributed by atoms with Gasteiger partial charge in [0.05, 0.1) is 26.0 Å². The Hall–Kier alpha value is -4.16. The molecule has 1 saturated carbocycles. The van der Waals surface area contributed by atoms with Crippen molar-refractivity contribution < 1.29 is 19.4 Å². The maximum absolute atomic E-state index is 13.9. The highest BCUT2D eigenvalue weighted by molar-refractivity contribution is 5.98. The van der Waals surface area contributed by atoms with Crippen LogP contribution in [0.25, 0.3) is 11.1 Å². The number of nitrogens with one attached hydrogen (secondary N) is 2. The quantitative estimate of drug-likeness (QED) is 0.275. The molecule has 2 aromatic heterocycles. The van der Waals surface area contributed by atoms with Gasteiger partial charge < -0.3 is 29.9 Å². The Bertz CT molecular complexity index is 1690. The van der Waals surface area contributed by atoms with E-state index >= 15 is 0 Å². The summed E-state index contributed by atoms with van der Waals surface area (Å²) >= 11 is 0. The fourth-order valence-corrected chi connectivity index (χ4v) is 7.43. The van der Waals surface area contributed by atoms with Crippen LogP contribution in [0.5, 0.6) is 0 Å². The number of hydrogen-bond donors (Lipinski definition) is 3. The SMILES string of the molecule is Cc1cc(C)c(CNC(=O)c2cc(-c3cnn(CCN4CCOCC4)c3)cc(N(C)[C@H]3CC[C@H](N(C(=O)O)C(C)(C)C)CC3)c2C)c(=O)[nH]1. The summed E-state index contributed by atoms with van der Waals surface area (Å²) in [6.07, 6.45) is 6.21. The average molecular weight is 676 g/mol. The number of hydrogen-bond acceptors (Lipinski definition) is 7. The largest absolute Gasteiger partial charge is 0.465 e. The van der Waals surface area contributed by atoms with Gasteiger partial charge in [-0.1, -0.05) is 0 Å². The zero-order chi connectivity index (χ0) is 35.5. The summed E-state index contributed by atoms with van der Waals surface area (Å²) in [5.41, 5.74) is 5.62. The Labute approximate surface area is 289 Å². The van der Waals surface area contributed by atoms with Crippen molar-refractivity contribution in [3.63, 3.8) is 0 Å². The number of morpholine rings is 1. The van der Waals surface area contributed by atoms with Gasteiger partial charge >= 0.3 is 6.09 Å². The number of amides is 2. The topological polar surface area (TPSA) is 136 Å². The first-order valence-corrected chi connectivity index (χ1v) is 17.4. The first-order valence-electron chi connectivity index (χ1n) is 17.4. The maximum atomic E-state index is 13.9. The van der Waals surface area contributed by atoms with Gasteiger partial charge in [-0.05, 0) is 102 Å². The van der Waals surface area contributed by atoms with E-state index in [1.807, 2.05) is 70.8 Å². The van der Waals surface area contributed by atoms with Crippen molar-refractivity contribution in [2.24, 2.45) is 0 Å². The molecule has 12 nitrogen and oxygen atoms in total. The Morgan fingerprint density at radius 1 is 1.02 bits per heavy atom. The molecule has 0 atom stereocenters. The Morgan fingerprint density at radius 2 is 1.69 bits per heavy atom. The molecule has 3 heterocycles. The molecule has 0 radical (unpaired) electrons. The summed E-state index contributed by atoms with van der Waals surface area (Å²) < 4.78 is 7.43. The number of pyridine rings is 1. The highest BCUT2D eigenvalue weighted by Gasteiger charge is 2.36. The predicted octanol–water partition coefficient (Wildman–Crippen LogP) is 4.95. The fourth-order valence-electron chi connectivity index (χ4n) is 7.43. The van der Waals surface area contributed by atoms with E-state index in [1.165, 1.54) is 0 Å². The summed E-state index contributed by atoms with van der Waals surface area (Å²) in [7, 11) is 2.07. The first-order chi connectivity index (χ1) is 23.2. The number of aromatic nitrogens is 3. The second kappa shape index (κ2) is 15.2. The number of carboxylic acid groups (broad SMARTS) is 1. The van der Waals surface area contributed by atoms with Crippen LogP contribution in [-0.2, 0) is 17.8 Å². The van der Waals surface area contributed by atoms with Crippen LogP contribution in [0.15, 0.2) is 35.4 Å². The van der Waals surface area contributed by atoms with Crippen molar-refractivity contribution in [2.45, 2.75) is 97.9 Å². The molecule has 3 aromatic rings. The van der Waals surface area contributed by atoms with Crippen molar-refractivity contribution in [1.82, 2.24) is 29.9 Å². The number of carbonyl (C=O) groups excluding carboxylic acids is 1. The number of rotatable bonds is 10. The summed E-state index contributed by atoms with van der Waals surface area (Å²) in [5, 5.41) is 17.6. The van der Waals surface area contributed by atoms with Gasteiger partial charge in [0.15, 0.2) is 0 Å². The lowest BCUT2D eigenvalue weighted by Crippen LogP contribution is -2.53. The zero-order valence-electron chi connectivity index (χ0n) is 30.1. The lowest BCUT2D eigenvalue weighted by atomic mass is 9.86. The molecule has 3 N–H and O–H groups in total. The normalized spacial score (nSPS) is 18.7. The fraction of sp³-hybridized carbons (Fsp3) is 0.568. The Morgan fingerprint density at radius 3 is 2.33 bits per heavy atom. The molecule has 2 aliphatic rings. The average Bonchev–Trinajstić information content (AvgIpc) is 3.52. The number of nitrogens with zero attached hydrogens (tertiary/aromatic N) is 5. The van der Waals surface area contributed by atoms with Crippen LogP contribution >= 0.6 is 0 Å². The molecule has 49 heavy (non-hydrogen) atoms. The lowest BCUT2D eigenvalue weighted by Gasteiger charge is -2.44. The van der Waals surface area contributed by atoms with Gasteiger partial charge in [0, 0.05) is 85.1 Å². The van der Waals surface area contributed by atoms with E-state index in [9.17, 15) is 19.5 Å². The highest BCUT2D eigenvalue weighted by atomic mass is 16.5. The van der Waals surface area contributed by atoms with Gasteiger partial charge in [0.1, 0.15) is 0 Å². The Balaban J connectivity index is 1.41. The van der Waals surface area contributed by atoms with Gasteiger partial charge in [-0.15, -0.1) is 0 Å². The van der Waals surface area contributed by atoms with E-state index in [-0.39, 0.29) is 30.1 Å². The molecule has 1 aliphatic heterocycles. The van der Waals surface area contributed by atoms with Gasteiger partial charge in [-0.2, -0.15) is 5.10 Å².